The van der Waals surface area contributed by atoms with Crippen LogP contribution < -0.4 is 5.32 Å². The molecule has 110 valence electrons. The molecule has 2 aromatic carbocycles. The third-order valence-electron chi connectivity index (χ3n) is 4.06. The Kier molecular flexibility index (Phi) is 4.21. The highest BCUT2D eigenvalue weighted by molar-refractivity contribution is 6.35. The number of hydrogen-bond donors (Lipinski definition) is 1. The zero-order chi connectivity index (χ0) is 15.0. The van der Waals surface area contributed by atoms with E-state index in [4.69, 9.17) is 23.2 Å². The summed E-state index contributed by atoms with van der Waals surface area (Å²) in [5.41, 5.74) is 3.31. The summed E-state index contributed by atoms with van der Waals surface area (Å²) >= 11 is 12.2. The first-order valence-electron chi connectivity index (χ1n) is 7.04. The normalized spacial score (nSPS) is 18.6. The van der Waals surface area contributed by atoms with Gasteiger partial charge in [-0.3, -0.25) is 0 Å². The number of nitrogens with one attached hydrogen (secondary N) is 1. The van der Waals surface area contributed by atoms with Crippen molar-refractivity contribution in [3.05, 3.63) is 69.0 Å². The van der Waals surface area contributed by atoms with Gasteiger partial charge in [0, 0.05) is 22.1 Å². The Morgan fingerprint density at radius 2 is 2.00 bits per heavy atom. The second kappa shape index (κ2) is 5.96. The smallest absolute Gasteiger partial charge is 0.123 e. The lowest BCUT2D eigenvalue weighted by Crippen LogP contribution is -2.23. The average Bonchev–Trinajstić information content (AvgIpc) is 2.80. The molecule has 0 aliphatic heterocycles. The summed E-state index contributed by atoms with van der Waals surface area (Å²) in [4.78, 5) is 0. The topological polar surface area (TPSA) is 12.0 Å². The van der Waals surface area contributed by atoms with Gasteiger partial charge in [0.25, 0.3) is 0 Å². The molecule has 0 saturated carbocycles. The predicted molar refractivity (Wildman–Crippen MR) is 85.5 cm³/mol. The van der Waals surface area contributed by atoms with E-state index in [0.29, 0.717) is 10.0 Å². The molecular formula is C17H16Cl2FN. The molecule has 1 N–H and O–H groups in total. The van der Waals surface area contributed by atoms with E-state index in [2.05, 4.69) is 12.2 Å². The fraction of sp³-hybridized carbons (Fsp3) is 0.294. The van der Waals surface area contributed by atoms with Gasteiger partial charge in [0.15, 0.2) is 0 Å². The molecule has 1 aliphatic carbocycles. The molecule has 2 aromatic rings. The second-order valence-electron chi connectivity index (χ2n) is 5.49. The summed E-state index contributed by atoms with van der Waals surface area (Å²) in [5, 5.41) is 4.88. The van der Waals surface area contributed by atoms with E-state index < -0.39 is 0 Å². The fourth-order valence-corrected chi connectivity index (χ4v) is 3.58. The largest absolute Gasteiger partial charge is 0.303 e. The highest BCUT2D eigenvalue weighted by Gasteiger charge is 2.24. The molecular weight excluding hydrogens is 308 g/mol. The van der Waals surface area contributed by atoms with Crippen LogP contribution in [0.25, 0.3) is 0 Å². The van der Waals surface area contributed by atoms with Crippen LogP contribution in [0.2, 0.25) is 10.0 Å². The minimum Gasteiger partial charge on any atom is -0.303 e. The van der Waals surface area contributed by atoms with Crippen molar-refractivity contribution in [3.63, 3.8) is 0 Å². The van der Waals surface area contributed by atoms with Gasteiger partial charge in [0.05, 0.1) is 0 Å². The fourth-order valence-electron chi connectivity index (χ4n) is 3.00. The molecule has 0 saturated heterocycles. The molecule has 2 atom stereocenters. The van der Waals surface area contributed by atoms with Crippen LogP contribution in [0.5, 0.6) is 0 Å². The maximum Gasteiger partial charge on any atom is 0.123 e. The molecule has 4 heteroatoms. The van der Waals surface area contributed by atoms with E-state index in [1.54, 1.807) is 12.1 Å². The standard InChI is InChI=1S/C17H16Cl2FN/c1-10(14-5-3-12(18)9-16(14)19)21-17-7-2-11-8-13(20)4-6-15(11)17/h3-6,8-10,17,21H,2,7H2,1H3. The van der Waals surface area contributed by atoms with Crippen molar-refractivity contribution >= 4 is 23.2 Å². The summed E-state index contributed by atoms with van der Waals surface area (Å²) in [5.74, 6) is -0.164. The summed E-state index contributed by atoms with van der Waals surface area (Å²) in [6.07, 6.45) is 1.89. The average molecular weight is 324 g/mol. The Hall–Kier alpha value is -1.09. The predicted octanol–water partition coefficient (Wildman–Crippen LogP) is 5.47. The summed E-state index contributed by atoms with van der Waals surface area (Å²) < 4.78 is 13.3. The molecule has 0 aromatic heterocycles. The number of fused-ring (bicyclic) bond motifs is 1. The molecule has 0 spiro atoms. The SMILES string of the molecule is CC(NC1CCc2cc(F)ccc21)c1ccc(Cl)cc1Cl. The maximum atomic E-state index is 13.3. The monoisotopic (exact) mass is 323 g/mol. The van der Waals surface area contributed by atoms with Crippen LogP contribution in [-0.2, 0) is 6.42 Å². The van der Waals surface area contributed by atoms with Crippen LogP contribution in [0.1, 0.15) is 42.1 Å². The maximum absolute atomic E-state index is 13.3. The summed E-state index contributed by atoms with van der Waals surface area (Å²) in [6, 6.07) is 10.9. The summed E-state index contributed by atoms with van der Waals surface area (Å²) in [6.45, 7) is 2.08. The number of benzene rings is 2. The van der Waals surface area contributed by atoms with Gasteiger partial charge in [0.2, 0.25) is 0 Å². The van der Waals surface area contributed by atoms with Crippen LogP contribution in [-0.4, -0.2) is 0 Å². The quantitative estimate of drug-likeness (QED) is 0.789. The highest BCUT2D eigenvalue weighted by Crippen LogP contribution is 2.34. The third kappa shape index (κ3) is 3.08. The van der Waals surface area contributed by atoms with Crippen molar-refractivity contribution in [2.24, 2.45) is 0 Å². The van der Waals surface area contributed by atoms with Gasteiger partial charge in [-0.2, -0.15) is 0 Å². The Morgan fingerprint density at radius 1 is 1.19 bits per heavy atom. The molecule has 0 fully saturated rings. The van der Waals surface area contributed by atoms with Gasteiger partial charge in [-0.1, -0.05) is 35.3 Å². The van der Waals surface area contributed by atoms with E-state index in [0.717, 1.165) is 24.0 Å². The lowest BCUT2D eigenvalue weighted by atomic mass is 10.0. The van der Waals surface area contributed by atoms with Gasteiger partial charge >= 0.3 is 0 Å². The van der Waals surface area contributed by atoms with Crippen molar-refractivity contribution in [2.75, 3.05) is 0 Å². The molecule has 21 heavy (non-hydrogen) atoms. The first-order valence-corrected chi connectivity index (χ1v) is 7.79. The van der Waals surface area contributed by atoms with Gasteiger partial charge in [-0.05, 0) is 60.7 Å². The van der Waals surface area contributed by atoms with E-state index in [1.807, 2.05) is 18.2 Å². The zero-order valence-electron chi connectivity index (χ0n) is 11.7. The Morgan fingerprint density at radius 3 is 2.76 bits per heavy atom. The van der Waals surface area contributed by atoms with Crippen LogP contribution in [0.3, 0.4) is 0 Å². The minimum atomic E-state index is -0.164. The van der Waals surface area contributed by atoms with Crippen molar-refractivity contribution in [1.29, 1.82) is 0 Å². The zero-order valence-corrected chi connectivity index (χ0v) is 13.2. The molecule has 3 rings (SSSR count). The van der Waals surface area contributed by atoms with Gasteiger partial charge < -0.3 is 5.32 Å². The lowest BCUT2D eigenvalue weighted by Gasteiger charge is -2.21. The Bertz CT molecular complexity index is 672. The van der Waals surface area contributed by atoms with Crippen molar-refractivity contribution < 1.29 is 4.39 Å². The van der Waals surface area contributed by atoms with Crippen molar-refractivity contribution in [2.45, 2.75) is 31.8 Å². The van der Waals surface area contributed by atoms with Crippen LogP contribution >= 0.6 is 23.2 Å². The molecule has 0 amide bonds. The lowest BCUT2D eigenvalue weighted by molar-refractivity contribution is 0.465. The molecule has 0 heterocycles. The highest BCUT2D eigenvalue weighted by atomic mass is 35.5. The second-order valence-corrected chi connectivity index (χ2v) is 6.33. The van der Waals surface area contributed by atoms with Crippen molar-refractivity contribution in [3.8, 4) is 0 Å². The van der Waals surface area contributed by atoms with E-state index >= 15 is 0 Å². The van der Waals surface area contributed by atoms with Gasteiger partial charge in [-0.15, -0.1) is 0 Å². The number of hydrogen-bond acceptors (Lipinski definition) is 1. The van der Waals surface area contributed by atoms with Crippen LogP contribution in [0, 0.1) is 5.82 Å². The van der Waals surface area contributed by atoms with Crippen LogP contribution in [0.15, 0.2) is 36.4 Å². The molecule has 1 aliphatic rings. The van der Waals surface area contributed by atoms with E-state index in [-0.39, 0.29) is 17.9 Å². The molecule has 0 radical (unpaired) electrons. The Balaban J connectivity index is 1.79. The molecule has 0 bridgehead atoms. The Labute approximate surface area is 134 Å². The first kappa shape index (κ1) is 14.8. The van der Waals surface area contributed by atoms with Gasteiger partial charge in [-0.25, -0.2) is 4.39 Å². The molecule has 2 unspecified atom stereocenters. The van der Waals surface area contributed by atoms with Gasteiger partial charge in [0.1, 0.15) is 5.82 Å². The van der Waals surface area contributed by atoms with E-state index in [9.17, 15) is 4.39 Å². The number of rotatable bonds is 3. The first-order chi connectivity index (χ1) is 10.0. The van der Waals surface area contributed by atoms with E-state index in [1.165, 1.54) is 11.6 Å². The third-order valence-corrected chi connectivity index (χ3v) is 4.63. The van der Waals surface area contributed by atoms with Crippen molar-refractivity contribution in [1.82, 2.24) is 5.32 Å². The van der Waals surface area contributed by atoms with Crippen LogP contribution in [0.4, 0.5) is 4.39 Å². The summed E-state index contributed by atoms with van der Waals surface area (Å²) in [7, 11) is 0. The molecule has 1 nitrogen and oxygen atoms in total. The number of aryl methyl sites for hydroxylation is 1. The minimum absolute atomic E-state index is 0.107. The number of halogens is 3.